The number of hydrogen-bond acceptors (Lipinski definition) is 7. The molecule has 0 unspecified atom stereocenters. The maximum absolute atomic E-state index is 12.6. The van der Waals surface area contributed by atoms with Gasteiger partial charge >= 0.3 is 0 Å². The molecular weight excluding hydrogens is 388 g/mol. The van der Waals surface area contributed by atoms with Crippen LogP contribution in [0.3, 0.4) is 0 Å². The van der Waals surface area contributed by atoms with Gasteiger partial charge in [-0.2, -0.15) is 5.10 Å². The number of halogens is 1. The van der Waals surface area contributed by atoms with Gasteiger partial charge in [0, 0.05) is 23.7 Å². The second kappa shape index (κ2) is 8.69. The van der Waals surface area contributed by atoms with Gasteiger partial charge in [0.25, 0.3) is 5.91 Å². The van der Waals surface area contributed by atoms with Crippen molar-refractivity contribution in [1.82, 2.24) is 10.4 Å². The normalized spacial score (nSPS) is 15.0. The Hall–Kier alpha value is -2.16. The molecule has 144 valence electrons. The number of hydrazone groups is 1. The smallest absolute Gasteiger partial charge is 0.283 e. The zero-order chi connectivity index (χ0) is 19.4. The number of carbonyl (C=O) groups is 1. The third-order valence-corrected chi connectivity index (χ3v) is 5.60. The summed E-state index contributed by atoms with van der Waals surface area (Å²) in [6.45, 7) is 6.51. The summed E-state index contributed by atoms with van der Waals surface area (Å²) >= 11 is 7.42. The molecule has 2 aromatic rings. The fourth-order valence-electron chi connectivity index (χ4n) is 2.69. The molecule has 0 atom stereocenters. The number of amides is 1. The van der Waals surface area contributed by atoms with Crippen LogP contribution in [0.4, 0.5) is 5.13 Å². The van der Waals surface area contributed by atoms with Crippen LogP contribution in [0, 0.1) is 6.92 Å². The summed E-state index contributed by atoms with van der Waals surface area (Å²) in [6, 6.07) is 5.25. The van der Waals surface area contributed by atoms with Gasteiger partial charge in [-0.3, -0.25) is 4.79 Å². The van der Waals surface area contributed by atoms with E-state index in [-0.39, 0.29) is 5.91 Å². The molecule has 0 spiro atoms. The van der Waals surface area contributed by atoms with Crippen LogP contribution >= 0.6 is 22.9 Å². The molecule has 0 aliphatic carbocycles. The molecule has 1 saturated heterocycles. The molecule has 1 aromatic heterocycles. The maximum atomic E-state index is 12.6. The molecule has 7 nitrogen and oxygen atoms in total. The van der Waals surface area contributed by atoms with Crippen LogP contribution in [0.1, 0.15) is 27.9 Å². The molecule has 1 fully saturated rings. The first kappa shape index (κ1) is 19.6. The first-order valence-corrected chi connectivity index (χ1v) is 9.67. The van der Waals surface area contributed by atoms with Gasteiger partial charge in [-0.05, 0) is 32.0 Å². The molecule has 9 heteroatoms. The van der Waals surface area contributed by atoms with Gasteiger partial charge in [-0.25, -0.2) is 10.4 Å². The molecule has 1 amide bonds. The number of aromatic nitrogens is 1. The SMILES string of the molecule is COc1ccc(Cl)cc1/C(C)=N\NC(=O)c1sc(N2CCOCC2)nc1C. The minimum atomic E-state index is -0.287. The second-order valence-electron chi connectivity index (χ2n) is 5.99. The lowest BCUT2D eigenvalue weighted by Gasteiger charge is -2.25. The van der Waals surface area contributed by atoms with E-state index in [1.807, 2.05) is 6.92 Å². The number of rotatable bonds is 5. The van der Waals surface area contributed by atoms with Crippen molar-refractivity contribution in [2.45, 2.75) is 13.8 Å². The summed E-state index contributed by atoms with van der Waals surface area (Å²) < 4.78 is 10.7. The standard InChI is InChI=1S/C18H21ClN4O3S/c1-11(14-10-13(19)4-5-15(14)25-3)21-22-17(24)16-12(2)20-18(27-16)23-6-8-26-9-7-23/h4-5,10H,6-9H2,1-3H3,(H,22,24)/b21-11-. The third-order valence-electron chi connectivity index (χ3n) is 4.15. The Bertz CT molecular complexity index is 862. The Morgan fingerprint density at radius 2 is 2.15 bits per heavy atom. The van der Waals surface area contributed by atoms with E-state index in [0.29, 0.717) is 40.3 Å². The highest BCUT2D eigenvalue weighted by Crippen LogP contribution is 2.27. The molecule has 1 aliphatic heterocycles. The number of benzene rings is 1. The lowest BCUT2D eigenvalue weighted by Crippen LogP contribution is -2.36. The first-order chi connectivity index (χ1) is 13.0. The van der Waals surface area contributed by atoms with Crippen LogP contribution in [0.2, 0.25) is 5.02 Å². The van der Waals surface area contributed by atoms with E-state index in [4.69, 9.17) is 21.1 Å². The van der Waals surface area contributed by atoms with Gasteiger partial charge in [0.05, 0.1) is 31.7 Å². The van der Waals surface area contributed by atoms with E-state index >= 15 is 0 Å². The van der Waals surface area contributed by atoms with E-state index in [9.17, 15) is 4.79 Å². The van der Waals surface area contributed by atoms with Gasteiger partial charge in [0.15, 0.2) is 5.13 Å². The summed E-state index contributed by atoms with van der Waals surface area (Å²) in [5.41, 5.74) is 4.61. The fourth-order valence-corrected chi connectivity index (χ4v) is 3.87. The monoisotopic (exact) mass is 408 g/mol. The molecule has 0 saturated carbocycles. The van der Waals surface area contributed by atoms with E-state index in [1.54, 1.807) is 32.2 Å². The molecule has 1 aromatic carbocycles. The number of carbonyl (C=O) groups excluding carboxylic acids is 1. The first-order valence-electron chi connectivity index (χ1n) is 8.48. The van der Waals surface area contributed by atoms with Crippen LogP contribution in [0.5, 0.6) is 5.75 Å². The van der Waals surface area contributed by atoms with Crippen molar-refractivity contribution in [2.24, 2.45) is 5.10 Å². The Morgan fingerprint density at radius 1 is 1.41 bits per heavy atom. The molecule has 1 N–H and O–H groups in total. The van der Waals surface area contributed by atoms with Crippen LogP contribution < -0.4 is 15.1 Å². The highest BCUT2D eigenvalue weighted by Gasteiger charge is 2.20. The zero-order valence-electron chi connectivity index (χ0n) is 15.4. The lowest BCUT2D eigenvalue weighted by atomic mass is 10.1. The number of nitrogens with one attached hydrogen (secondary N) is 1. The number of morpholine rings is 1. The topological polar surface area (TPSA) is 76.0 Å². The van der Waals surface area contributed by atoms with Gasteiger partial charge in [0.1, 0.15) is 10.6 Å². The minimum absolute atomic E-state index is 0.287. The van der Waals surface area contributed by atoms with Gasteiger partial charge in [-0.1, -0.05) is 22.9 Å². The van der Waals surface area contributed by atoms with Crippen molar-refractivity contribution in [3.8, 4) is 5.75 Å². The number of methoxy groups -OCH3 is 1. The predicted octanol–water partition coefficient (Wildman–Crippen LogP) is 3.10. The van der Waals surface area contributed by atoms with Gasteiger partial charge in [0.2, 0.25) is 0 Å². The quantitative estimate of drug-likeness (QED) is 0.607. The lowest BCUT2D eigenvalue weighted by molar-refractivity contribution is 0.0958. The van der Waals surface area contributed by atoms with Crippen molar-refractivity contribution in [3.05, 3.63) is 39.4 Å². The summed E-state index contributed by atoms with van der Waals surface area (Å²) in [4.78, 5) is 19.8. The number of nitrogens with zero attached hydrogens (tertiary/aromatic N) is 3. The molecule has 0 bridgehead atoms. The highest BCUT2D eigenvalue weighted by molar-refractivity contribution is 7.17. The number of anilines is 1. The third kappa shape index (κ3) is 4.58. The largest absolute Gasteiger partial charge is 0.496 e. The van der Waals surface area contributed by atoms with Crippen LogP contribution in [0.25, 0.3) is 0 Å². The maximum Gasteiger partial charge on any atom is 0.283 e. The van der Waals surface area contributed by atoms with Crippen molar-refractivity contribution >= 4 is 39.7 Å². The molecule has 1 aliphatic rings. The molecule has 27 heavy (non-hydrogen) atoms. The van der Waals surface area contributed by atoms with Gasteiger partial charge < -0.3 is 14.4 Å². The molecule has 0 radical (unpaired) electrons. The fraction of sp³-hybridized carbons (Fsp3) is 0.389. The van der Waals surface area contributed by atoms with Gasteiger partial charge in [-0.15, -0.1) is 0 Å². The van der Waals surface area contributed by atoms with Crippen molar-refractivity contribution in [2.75, 3.05) is 38.3 Å². The van der Waals surface area contributed by atoms with Crippen LogP contribution in [-0.4, -0.2) is 50.0 Å². The van der Waals surface area contributed by atoms with Crippen molar-refractivity contribution in [3.63, 3.8) is 0 Å². The molecule has 3 rings (SSSR count). The zero-order valence-corrected chi connectivity index (χ0v) is 17.0. The predicted molar refractivity (Wildman–Crippen MR) is 108 cm³/mol. The summed E-state index contributed by atoms with van der Waals surface area (Å²) in [7, 11) is 1.58. The van der Waals surface area contributed by atoms with E-state index in [0.717, 1.165) is 23.8 Å². The van der Waals surface area contributed by atoms with Crippen LogP contribution in [0.15, 0.2) is 23.3 Å². The van der Waals surface area contributed by atoms with E-state index in [2.05, 4.69) is 20.4 Å². The minimum Gasteiger partial charge on any atom is -0.496 e. The highest BCUT2D eigenvalue weighted by atomic mass is 35.5. The van der Waals surface area contributed by atoms with E-state index in [1.165, 1.54) is 11.3 Å². The summed E-state index contributed by atoms with van der Waals surface area (Å²) in [5.74, 6) is 0.350. The molecular formula is C18H21ClN4O3S. The second-order valence-corrected chi connectivity index (χ2v) is 7.41. The number of ether oxygens (including phenoxy) is 2. The van der Waals surface area contributed by atoms with Crippen LogP contribution in [-0.2, 0) is 4.74 Å². The van der Waals surface area contributed by atoms with Crippen molar-refractivity contribution in [1.29, 1.82) is 0 Å². The van der Waals surface area contributed by atoms with Crippen molar-refractivity contribution < 1.29 is 14.3 Å². The summed E-state index contributed by atoms with van der Waals surface area (Å²) in [6.07, 6.45) is 0. The van der Waals surface area contributed by atoms with E-state index < -0.39 is 0 Å². The Morgan fingerprint density at radius 3 is 2.85 bits per heavy atom. The average Bonchev–Trinajstić information content (AvgIpc) is 3.08. The number of thiazole rings is 1. The Balaban J connectivity index is 1.74. The summed E-state index contributed by atoms with van der Waals surface area (Å²) in [5, 5.41) is 5.61. The average molecular weight is 409 g/mol. The molecule has 2 heterocycles. The Kier molecular flexibility index (Phi) is 6.30. The number of hydrogen-bond donors (Lipinski definition) is 1. The Labute approximate surface area is 166 Å². The number of aryl methyl sites for hydroxylation is 1.